The van der Waals surface area contributed by atoms with Crippen LogP contribution < -0.4 is 0 Å². The Labute approximate surface area is 113 Å². The van der Waals surface area contributed by atoms with Gasteiger partial charge in [0.05, 0.1) is 23.5 Å². The van der Waals surface area contributed by atoms with Gasteiger partial charge in [-0.1, -0.05) is 6.42 Å². The number of aliphatic carboxylic acids is 1. The first-order valence-electron chi connectivity index (χ1n) is 6.99. The van der Waals surface area contributed by atoms with Crippen LogP contribution in [0, 0.1) is 11.8 Å². The van der Waals surface area contributed by atoms with Gasteiger partial charge in [-0.25, -0.2) is 0 Å². The van der Waals surface area contributed by atoms with Crippen LogP contribution in [-0.2, 0) is 14.3 Å². The molecule has 1 aliphatic carbocycles. The minimum atomic E-state index is -0.837. The minimum absolute atomic E-state index is 0.00242. The second kappa shape index (κ2) is 5.12. The number of nitrogens with zero attached hydrogens (tertiary/aromatic N) is 1. The van der Waals surface area contributed by atoms with Crippen LogP contribution in [0.4, 0.5) is 0 Å². The molecule has 1 unspecified atom stereocenters. The third-order valence-electron chi connectivity index (χ3n) is 4.03. The predicted octanol–water partition coefficient (Wildman–Crippen LogP) is 1.51. The number of rotatable bonds is 2. The first kappa shape index (κ1) is 14.3. The molecule has 1 aliphatic heterocycles. The van der Waals surface area contributed by atoms with Gasteiger partial charge in [0, 0.05) is 13.1 Å². The van der Waals surface area contributed by atoms with Crippen molar-refractivity contribution in [2.24, 2.45) is 11.8 Å². The zero-order chi connectivity index (χ0) is 14.2. The summed E-state index contributed by atoms with van der Waals surface area (Å²) in [7, 11) is 0. The van der Waals surface area contributed by atoms with Gasteiger partial charge < -0.3 is 14.7 Å². The largest absolute Gasteiger partial charge is 0.481 e. The van der Waals surface area contributed by atoms with Gasteiger partial charge in [0.15, 0.2) is 0 Å². The number of carbonyl (C=O) groups excluding carboxylic acids is 1. The predicted molar refractivity (Wildman–Crippen MR) is 69.7 cm³/mol. The number of amides is 1. The molecular weight excluding hydrogens is 246 g/mol. The Hall–Kier alpha value is -1.10. The SMILES string of the molecule is CC1CN(C(=O)[C@@H]2CCC[C@@H]2C(=O)O)CC(C)(C)O1. The molecule has 1 N–H and O–H groups in total. The van der Waals surface area contributed by atoms with Gasteiger partial charge in [-0.15, -0.1) is 0 Å². The van der Waals surface area contributed by atoms with Crippen molar-refractivity contribution in [3.63, 3.8) is 0 Å². The highest BCUT2D eigenvalue weighted by molar-refractivity contribution is 5.85. The lowest BCUT2D eigenvalue weighted by atomic mass is 9.93. The molecule has 3 atom stereocenters. The molecule has 2 aliphatic rings. The Morgan fingerprint density at radius 1 is 1.26 bits per heavy atom. The van der Waals surface area contributed by atoms with E-state index in [2.05, 4.69) is 0 Å². The van der Waals surface area contributed by atoms with Gasteiger partial charge in [0.2, 0.25) is 5.91 Å². The van der Waals surface area contributed by atoms with Gasteiger partial charge in [0.25, 0.3) is 0 Å². The van der Waals surface area contributed by atoms with Crippen LogP contribution in [0.3, 0.4) is 0 Å². The molecule has 0 aromatic heterocycles. The molecular formula is C14H23NO4. The number of ether oxygens (including phenoxy) is 1. The fourth-order valence-electron chi connectivity index (χ4n) is 3.41. The number of morpholine rings is 1. The van der Waals surface area contributed by atoms with Crippen molar-refractivity contribution in [1.29, 1.82) is 0 Å². The molecule has 5 heteroatoms. The summed E-state index contributed by atoms with van der Waals surface area (Å²) >= 11 is 0. The topological polar surface area (TPSA) is 66.8 Å². The van der Waals surface area contributed by atoms with Gasteiger partial charge >= 0.3 is 5.97 Å². The molecule has 1 saturated heterocycles. The lowest BCUT2D eigenvalue weighted by Gasteiger charge is -2.42. The highest BCUT2D eigenvalue weighted by Gasteiger charge is 2.42. The van der Waals surface area contributed by atoms with Crippen LogP contribution in [0.15, 0.2) is 0 Å². The lowest BCUT2D eigenvalue weighted by Crippen LogP contribution is -2.55. The zero-order valence-electron chi connectivity index (χ0n) is 11.9. The van der Waals surface area contributed by atoms with Crippen LogP contribution in [0.2, 0.25) is 0 Å². The summed E-state index contributed by atoms with van der Waals surface area (Å²) in [5.74, 6) is -1.70. The van der Waals surface area contributed by atoms with E-state index >= 15 is 0 Å². The Bertz CT molecular complexity index is 380. The van der Waals surface area contributed by atoms with E-state index in [1.807, 2.05) is 20.8 Å². The molecule has 1 heterocycles. The van der Waals surface area contributed by atoms with Crippen LogP contribution in [0.5, 0.6) is 0 Å². The standard InChI is InChI=1S/C14H23NO4/c1-9-7-15(8-14(2,3)19-9)12(16)10-5-4-6-11(10)13(17)18/h9-11H,4-8H2,1-3H3,(H,17,18)/t9?,10-,11+/m1/s1. The average molecular weight is 269 g/mol. The Morgan fingerprint density at radius 3 is 2.47 bits per heavy atom. The van der Waals surface area contributed by atoms with Crippen molar-refractivity contribution >= 4 is 11.9 Å². The maximum Gasteiger partial charge on any atom is 0.307 e. The van der Waals surface area contributed by atoms with Crippen LogP contribution in [0.25, 0.3) is 0 Å². The van der Waals surface area contributed by atoms with E-state index in [0.29, 0.717) is 25.9 Å². The molecule has 0 aromatic rings. The number of hydrogen-bond acceptors (Lipinski definition) is 3. The van der Waals surface area contributed by atoms with Crippen molar-refractivity contribution in [3.8, 4) is 0 Å². The van der Waals surface area contributed by atoms with Gasteiger partial charge in [-0.3, -0.25) is 9.59 Å². The van der Waals surface area contributed by atoms with Crippen LogP contribution in [-0.4, -0.2) is 46.7 Å². The summed E-state index contributed by atoms with van der Waals surface area (Å²) in [6.45, 7) is 6.98. The highest BCUT2D eigenvalue weighted by atomic mass is 16.5. The zero-order valence-corrected chi connectivity index (χ0v) is 11.9. The molecule has 1 saturated carbocycles. The summed E-state index contributed by atoms with van der Waals surface area (Å²) < 4.78 is 5.78. The maximum atomic E-state index is 12.6. The van der Waals surface area contributed by atoms with Crippen molar-refractivity contribution in [2.45, 2.75) is 51.7 Å². The van der Waals surface area contributed by atoms with E-state index in [1.165, 1.54) is 0 Å². The maximum absolute atomic E-state index is 12.6. The van der Waals surface area contributed by atoms with E-state index in [0.717, 1.165) is 6.42 Å². The summed E-state index contributed by atoms with van der Waals surface area (Å²) in [5.41, 5.74) is -0.356. The second-order valence-electron chi connectivity index (χ2n) is 6.39. The van der Waals surface area contributed by atoms with E-state index in [4.69, 9.17) is 4.74 Å². The smallest absolute Gasteiger partial charge is 0.307 e. The molecule has 0 bridgehead atoms. The Kier molecular flexibility index (Phi) is 3.85. The molecule has 0 spiro atoms. The quantitative estimate of drug-likeness (QED) is 0.825. The van der Waals surface area contributed by atoms with E-state index in [-0.39, 0.29) is 23.5 Å². The molecule has 108 valence electrons. The fourth-order valence-corrected chi connectivity index (χ4v) is 3.41. The van der Waals surface area contributed by atoms with Crippen LogP contribution >= 0.6 is 0 Å². The summed E-state index contributed by atoms with van der Waals surface area (Å²) in [6.07, 6.45) is 2.14. The summed E-state index contributed by atoms with van der Waals surface area (Å²) in [6, 6.07) is 0. The average Bonchev–Trinajstić information content (AvgIpc) is 2.73. The Morgan fingerprint density at radius 2 is 1.89 bits per heavy atom. The van der Waals surface area contributed by atoms with E-state index in [1.54, 1.807) is 4.90 Å². The van der Waals surface area contributed by atoms with Crippen molar-refractivity contribution in [1.82, 2.24) is 4.90 Å². The number of carboxylic acid groups (broad SMARTS) is 1. The summed E-state index contributed by atoms with van der Waals surface area (Å²) in [5, 5.41) is 9.19. The number of carbonyl (C=O) groups is 2. The fraction of sp³-hybridized carbons (Fsp3) is 0.857. The van der Waals surface area contributed by atoms with Crippen molar-refractivity contribution in [3.05, 3.63) is 0 Å². The third-order valence-corrected chi connectivity index (χ3v) is 4.03. The van der Waals surface area contributed by atoms with Crippen molar-refractivity contribution < 1.29 is 19.4 Å². The number of hydrogen-bond donors (Lipinski definition) is 1. The molecule has 19 heavy (non-hydrogen) atoms. The molecule has 0 aromatic carbocycles. The van der Waals surface area contributed by atoms with Gasteiger partial charge in [0.1, 0.15) is 0 Å². The first-order chi connectivity index (χ1) is 8.80. The molecule has 5 nitrogen and oxygen atoms in total. The molecule has 2 rings (SSSR count). The third kappa shape index (κ3) is 3.08. The normalized spacial score (nSPS) is 34.3. The minimum Gasteiger partial charge on any atom is -0.481 e. The van der Waals surface area contributed by atoms with Gasteiger partial charge in [-0.05, 0) is 33.6 Å². The highest BCUT2D eigenvalue weighted by Crippen LogP contribution is 2.34. The first-order valence-corrected chi connectivity index (χ1v) is 6.99. The van der Waals surface area contributed by atoms with E-state index in [9.17, 15) is 14.7 Å². The van der Waals surface area contributed by atoms with Crippen molar-refractivity contribution in [2.75, 3.05) is 13.1 Å². The number of carboxylic acids is 1. The van der Waals surface area contributed by atoms with Gasteiger partial charge in [-0.2, -0.15) is 0 Å². The second-order valence-corrected chi connectivity index (χ2v) is 6.39. The summed E-state index contributed by atoms with van der Waals surface area (Å²) in [4.78, 5) is 25.5. The monoisotopic (exact) mass is 269 g/mol. The molecule has 0 radical (unpaired) electrons. The van der Waals surface area contributed by atoms with Crippen LogP contribution in [0.1, 0.15) is 40.0 Å². The Balaban J connectivity index is 2.08. The lowest BCUT2D eigenvalue weighted by molar-refractivity contribution is -0.165. The molecule has 2 fully saturated rings. The van der Waals surface area contributed by atoms with E-state index < -0.39 is 11.9 Å². The molecule has 1 amide bonds.